The largest absolute Gasteiger partial charge is 0.246 e. The summed E-state index contributed by atoms with van der Waals surface area (Å²) in [6, 6.07) is 10.5. The zero-order valence-electron chi connectivity index (χ0n) is 8.94. The summed E-state index contributed by atoms with van der Waals surface area (Å²) in [4.78, 5) is 4.61. The number of aryl methyl sites for hydroxylation is 1. The molecule has 0 saturated heterocycles. The molecular weight excluding hydrogens is 202 g/mol. The molecule has 0 N–H and O–H groups in total. The molecule has 0 saturated carbocycles. The van der Waals surface area contributed by atoms with Gasteiger partial charge in [0.1, 0.15) is 0 Å². The van der Waals surface area contributed by atoms with Crippen LogP contribution < -0.4 is 0 Å². The Hall–Kier alpha value is -1.15. The standard InChI is InChI=1S/C13H15NS/c1-2-6-12-10-15-13(14-12)9-11-7-4-3-5-8-11/h3-5,7-8,10H,2,6,9H2,1H3. The Labute approximate surface area is 94.8 Å². The molecule has 0 spiro atoms. The summed E-state index contributed by atoms with van der Waals surface area (Å²) in [7, 11) is 0. The Morgan fingerprint density at radius 3 is 2.73 bits per heavy atom. The van der Waals surface area contributed by atoms with Crippen LogP contribution in [0.4, 0.5) is 0 Å². The van der Waals surface area contributed by atoms with Gasteiger partial charge in [0.15, 0.2) is 0 Å². The van der Waals surface area contributed by atoms with E-state index in [2.05, 4.69) is 41.6 Å². The first-order chi connectivity index (χ1) is 7.38. The van der Waals surface area contributed by atoms with Crippen LogP contribution in [0.5, 0.6) is 0 Å². The third-order valence-electron chi connectivity index (χ3n) is 2.30. The van der Waals surface area contributed by atoms with Crippen LogP contribution in [0.1, 0.15) is 29.6 Å². The minimum absolute atomic E-state index is 0.967. The lowest BCUT2D eigenvalue weighted by atomic mass is 10.2. The number of hydrogen-bond donors (Lipinski definition) is 0. The molecule has 2 rings (SSSR count). The lowest BCUT2D eigenvalue weighted by Crippen LogP contribution is -1.88. The van der Waals surface area contributed by atoms with E-state index in [-0.39, 0.29) is 0 Å². The lowest BCUT2D eigenvalue weighted by molar-refractivity contribution is 0.883. The van der Waals surface area contributed by atoms with E-state index in [1.807, 2.05) is 6.07 Å². The fourth-order valence-electron chi connectivity index (χ4n) is 1.57. The Balaban J connectivity index is 2.05. The van der Waals surface area contributed by atoms with E-state index in [9.17, 15) is 0 Å². The summed E-state index contributed by atoms with van der Waals surface area (Å²) in [5, 5.41) is 3.41. The monoisotopic (exact) mass is 217 g/mol. The van der Waals surface area contributed by atoms with Gasteiger partial charge in [0.25, 0.3) is 0 Å². The van der Waals surface area contributed by atoms with Crippen LogP contribution in [0, 0.1) is 0 Å². The lowest BCUT2D eigenvalue weighted by Gasteiger charge is -1.96. The number of rotatable bonds is 4. The SMILES string of the molecule is CCCc1csc(Cc2ccccc2)n1. The maximum Gasteiger partial charge on any atom is 0.0972 e. The van der Waals surface area contributed by atoms with Gasteiger partial charge in [-0.25, -0.2) is 4.98 Å². The predicted molar refractivity (Wildman–Crippen MR) is 65.4 cm³/mol. The van der Waals surface area contributed by atoms with E-state index in [4.69, 9.17) is 0 Å². The zero-order valence-corrected chi connectivity index (χ0v) is 9.76. The number of nitrogens with zero attached hydrogens (tertiary/aromatic N) is 1. The Morgan fingerprint density at radius 2 is 2.00 bits per heavy atom. The van der Waals surface area contributed by atoms with E-state index >= 15 is 0 Å². The highest BCUT2D eigenvalue weighted by Gasteiger charge is 2.01. The quantitative estimate of drug-likeness (QED) is 0.761. The summed E-state index contributed by atoms with van der Waals surface area (Å²) in [5.41, 5.74) is 2.59. The molecule has 0 atom stereocenters. The van der Waals surface area contributed by atoms with Crippen LogP contribution in [0.2, 0.25) is 0 Å². The Bertz CT molecular complexity index is 405. The van der Waals surface area contributed by atoms with Crippen molar-refractivity contribution in [2.24, 2.45) is 0 Å². The van der Waals surface area contributed by atoms with Gasteiger partial charge in [0.05, 0.1) is 10.7 Å². The minimum Gasteiger partial charge on any atom is -0.246 e. The van der Waals surface area contributed by atoms with Gasteiger partial charge >= 0.3 is 0 Å². The fraction of sp³-hybridized carbons (Fsp3) is 0.308. The van der Waals surface area contributed by atoms with E-state index in [0.29, 0.717) is 0 Å². The molecule has 0 fully saturated rings. The van der Waals surface area contributed by atoms with Crippen LogP contribution in [0.15, 0.2) is 35.7 Å². The number of thiazole rings is 1. The second-order valence-electron chi connectivity index (χ2n) is 3.64. The van der Waals surface area contributed by atoms with Crippen LogP contribution in [-0.2, 0) is 12.8 Å². The van der Waals surface area contributed by atoms with Crippen LogP contribution in [0.3, 0.4) is 0 Å². The number of hydrogen-bond acceptors (Lipinski definition) is 2. The highest BCUT2D eigenvalue weighted by atomic mass is 32.1. The smallest absolute Gasteiger partial charge is 0.0972 e. The molecule has 0 aliphatic carbocycles. The summed E-state index contributed by atoms with van der Waals surface area (Å²) in [6.07, 6.45) is 3.25. The van der Waals surface area contributed by atoms with Crippen molar-refractivity contribution in [3.05, 3.63) is 52.0 Å². The first-order valence-electron chi connectivity index (χ1n) is 5.35. The van der Waals surface area contributed by atoms with Gasteiger partial charge in [0, 0.05) is 11.8 Å². The summed E-state index contributed by atoms with van der Waals surface area (Å²) in [5.74, 6) is 0. The van der Waals surface area contributed by atoms with Crippen molar-refractivity contribution < 1.29 is 0 Å². The molecule has 0 aliphatic heterocycles. The van der Waals surface area contributed by atoms with Crippen molar-refractivity contribution in [2.45, 2.75) is 26.2 Å². The highest BCUT2D eigenvalue weighted by molar-refractivity contribution is 7.09. The van der Waals surface area contributed by atoms with Gasteiger partial charge in [-0.05, 0) is 12.0 Å². The van der Waals surface area contributed by atoms with Crippen LogP contribution >= 0.6 is 11.3 Å². The molecule has 1 nitrogen and oxygen atoms in total. The Kier molecular flexibility index (Phi) is 3.51. The van der Waals surface area contributed by atoms with Crippen molar-refractivity contribution in [1.29, 1.82) is 0 Å². The van der Waals surface area contributed by atoms with Crippen molar-refractivity contribution in [3.63, 3.8) is 0 Å². The maximum absolute atomic E-state index is 4.61. The predicted octanol–water partition coefficient (Wildman–Crippen LogP) is 3.69. The maximum atomic E-state index is 4.61. The van der Waals surface area contributed by atoms with Crippen molar-refractivity contribution in [2.75, 3.05) is 0 Å². The van der Waals surface area contributed by atoms with Gasteiger partial charge in [0.2, 0.25) is 0 Å². The molecule has 0 radical (unpaired) electrons. The molecule has 2 aromatic rings. The molecule has 78 valence electrons. The van der Waals surface area contributed by atoms with Gasteiger partial charge < -0.3 is 0 Å². The summed E-state index contributed by atoms with van der Waals surface area (Å²) < 4.78 is 0. The van der Waals surface area contributed by atoms with E-state index in [1.165, 1.54) is 22.7 Å². The summed E-state index contributed by atoms with van der Waals surface area (Å²) >= 11 is 1.77. The zero-order chi connectivity index (χ0) is 10.5. The molecule has 1 aromatic carbocycles. The van der Waals surface area contributed by atoms with Crippen LogP contribution in [-0.4, -0.2) is 4.98 Å². The van der Waals surface area contributed by atoms with Crippen molar-refractivity contribution >= 4 is 11.3 Å². The molecule has 0 unspecified atom stereocenters. The second-order valence-corrected chi connectivity index (χ2v) is 4.59. The average molecular weight is 217 g/mol. The molecule has 0 amide bonds. The Morgan fingerprint density at radius 1 is 1.20 bits per heavy atom. The first kappa shape index (κ1) is 10.4. The molecule has 1 aromatic heterocycles. The van der Waals surface area contributed by atoms with Gasteiger partial charge in [-0.1, -0.05) is 43.7 Å². The molecule has 1 heterocycles. The fourth-order valence-corrected chi connectivity index (χ4v) is 2.43. The normalized spacial score (nSPS) is 10.5. The number of aromatic nitrogens is 1. The van der Waals surface area contributed by atoms with E-state index in [1.54, 1.807) is 11.3 Å². The minimum atomic E-state index is 0.967. The van der Waals surface area contributed by atoms with Gasteiger partial charge in [-0.3, -0.25) is 0 Å². The second kappa shape index (κ2) is 5.08. The van der Waals surface area contributed by atoms with Gasteiger partial charge in [-0.2, -0.15) is 0 Å². The molecule has 0 bridgehead atoms. The van der Waals surface area contributed by atoms with Gasteiger partial charge in [-0.15, -0.1) is 11.3 Å². The molecular formula is C13H15NS. The highest BCUT2D eigenvalue weighted by Crippen LogP contribution is 2.15. The molecule has 2 heteroatoms. The average Bonchev–Trinajstić information content (AvgIpc) is 2.68. The molecule has 0 aliphatic rings. The topological polar surface area (TPSA) is 12.9 Å². The van der Waals surface area contributed by atoms with Crippen molar-refractivity contribution in [1.82, 2.24) is 4.98 Å². The first-order valence-corrected chi connectivity index (χ1v) is 6.23. The third kappa shape index (κ3) is 2.90. The summed E-state index contributed by atoms with van der Waals surface area (Å²) in [6.45, 7) is 2.19. The van der Waals surface area contributed by atoms with E-state index < -0.39 is 0 Å². The van der Waals surface area contributed by atoms with Crippen LogP contribution in [0.25, 0.3) is 0 Å². The molecule has 15 heavy (non-hydrogen) atoms. The van der Waals surface area contributed by atoms with Crippen molar-refractivity contribution in [3.8, 4) is 0 Å². The van der Waals surface area contributed by atoms with E-state index in [0.717, 1.165) is 12.8 Å². The number of benzene rings is 1. The third-order valence-corrected chi connectivity index (χ3v) is 3.20.